The number of H-pyrrole nitrogens is 1. The van der Waals surface area contributed by atoms with Crippen molar-refractivity contribution in [3.05, 3.63) is 70.0 Å². The van der Waals surface area contributed by atoms with E-state index in [1.54, 1.807) is 6.07 Å². The van der Waals surface area contributed by atoms with Gasteiger partial charge in [-0.15, -0.1) is 11.3 Å². The largest absolute Gasteiger partial charge is 0.416 e. The Kier molecular flexibility index (Phi) is 5.13. The summed E-state index contributed by atoms with van der Waals surface area (Å²) in [6.45, 7) is 1.39. The Hall–Kier alpha value is -2.94. The van der Waals surface area contributed by atoms with E-state index in [-0.39, 0.29) is 17.9 Å². The van der Waals surface area contributed by atoms with Gasteiger partial charge in [-0.3, -0.25) is 14.9 Å². The third-order valence-corrected chi connectivity index (χ3v) is 4.65. The Bertz CT molecular complexity index is 992. The maximum absolute atomic E-state index is 12.8. The molecule has 0 aliphatic rings. The second-order valence-electron chi connectivity index (χ2n) is 5.82. The van der Waals surface area contributed by atoms with E-state index in [0.717, 1.165) is 12.1 Å². The molecule has 2 heterocycles. The van der Waals surface area contributed by atoms with E-state index in [9.17, 15) is 22.8 Å². The minimum absolute atomic E-state index is 0.164. The number of rotatable bonds is 5. The summed E-state index contributed by atoms with van der Waals surface area (Å²) in [5, 5.41) is 2.92. The lowest BCUT2D eigenvalue weighted by atomic mass is 10.1. The number of amides is 1. The van der Waals surface area contributed by atoms with E-state index in [2.05, 4.69) is 15.3 Å². The molecule has 5 nitrogen and oxygen atoms in total. The number of carbonyl (C=O) groups is 2. The number of alkyl halides is 3. The van der Waals surface area contributed by atoms with E-state index in [1.165, 1.54) is 42.8 Å². The lowest BCUT2D eigenvalue weighted by Gasteiger charge is -2.07. The fourth-order valence-corrected chi connectivity index (χ4v) is 3.24. The molecule has 2 aromatic heterocycles. The van der Waals surface area contributed by atoms with E-state index >= 15 is 0 Å². The van der Waals surface area contributed by atoms with Crippen LogP contribution in [0.15, 0.2) is 42.7 Å². The number of anilines is 1. The van der Waals surface area contributed by atoms with Gasteiger partial charge in [-0.2, -0.15) is 13.2 Å². The van der Waals surface area contributed by atoms with Gasteiger partial charge in [0.15, 0.2) is 10.9 Å². The topological polar surface area (TPSA) is 74.8 Å². The predicted octanol–water partition coefficient (Wildman–Crippen LogP) is 4.54. The highest BCUT2D eigenvalue weighted by Crippen LogP contribution is 2.30. The number of carbonyl (C=O) groups excluding carboxylic acids is 2. The lowest BCUT2D eigenvalue weighted by Crippen LogP contribution is -2.11. The van der Waals surface area contributed by atoms with Crippen molar-refractivity contribution in [2.45, 2.75) is 19.5 Å². The quantitative estimate of drug-likeness (QED) is 0.625. The van der Waals surface area contributed by atoms with Gasteiger partial charge in [-0.05, 0) is 24.6 Å². The second-order valence-corrected chi connectivity index (χ2v) is 6.93. The van der Waals surface area contributed by atoms with Crippen LogP contribution in [0.1, 0.15) is 43.8 Å². The molecule has 1 amide bonds. The van der Waals surface area contributed by atoms with Crippen LogP contribution in [0.5, 0.6) is 0 Å². The maximum atomic E-state index is 12.8. The highest BCUT2D eigenvalue weighted by molar-refractivity contribution is 7.15. The molecule has 0 spiro atoms. The summed E-state index contributed by atoms with van der Waals surface area (Å²) in [7, 11) is 0. The number of hydrogen-bond acceptors (Lipinski definition) is 4. The first kappa shape index (κ1) is 18.8. The molecule has 9 heteroatoms. The third kappa shape index (κ3) is 4.62. The number of nitrogens with one attached hydrogen (secondary N) is 2. The smallest absolute Gasteiger partial charge is 0.356 e. The van der Waals surface area contributed by atoms with E-state index < -0.39 is 17.6 Å². The molecule has 2 N–H and O–H groups in total. The summed E-state index contributed by atoms with van der Waals surface area (Å²) in [4.78, 5) is 30.9. The van der Waals surface area contributed by atoms with Crippen LogP contribution in [0.3, 0.4) is 0 Å². The van der Waals surface area contributed by atoms with E-state index in [1.807, 2.05) is 0 Å². The normalized spacial score (nSPS) is 11.4. The van der Waals surface area contributed by atoms with Gasteiger partial charge >= 0.3 is 6.18 Å². The molecule has 0 fully saturated rings. The molecule has 0 unspecified atom stereocenters. The van der Waals surface area contributed by atoms with Gasteiger partial charge in [0.05, 0.1) is 5.56 Å². The molecule has 0 saturated carbocycles. The van der Waals surface area contributed by atoms with Crippen molar-refractivity contribution in [1.29, 1.82) is 0 Å². The van der Waals surface area contributed by atoms with Crippen LogP contribution in [0.25, 0.3) is 0 Å². The number of benzene rings is 1. The number of thiazole rings is 1. The SMILES string of the molecule is CC(=O)c1c[nH]c(C(=O)Nc2ncc(Cc3cccc(C(F)(F)F)c3)s2)c1. The molecule has 0 aliphatic heterocycles. The van der Waals surface area contributed by atoms with Crippen LogP contribution in [0.2, 0.25) is 0 Å². The number of nitrogens with zero attached hydrogens (tertiary/aromatic N) is 1. The molecular formula is C18H14F3N3O2S. The predicted molar refractivity (Wildman–Crippen MR) is 95.1 cm³/mol. The molecule has 0 radical (unpaired) electrons. The molecule has 140 valence electrons. The lowest BCUT2D eigenvalue weighted by molar-refractivity contribution is -0.137. The van der Waals surface area contributed by atoms with Crippen molar-refractivity contribution in [2.75, 3.05) is 5.32 Å². The number of aromatic amines is 1. The zero-order valence-electron chi connectivity index (χ0n) is 14.1. The fourth-order valence-electron chi connectivity index (χ4n) is 2.40. The maximum Gasteiger partial charge on any atom is 0.416 e. The Morgan fingerprint density at radius 1 is 1.26 bits per heavy atom. The van der Waals surface area contributed by atoms with Gasteiger partial charge in [0, 0.05) is 29.3 Å². The summed E-state index contributed by atoms with van der Waals surface area (Å²) in [5.74, 6) is -0.620. The Morgan fingerprint density at radius 3 is 2.70 bits per heavy atom. The molecule has 0 aliphatic carbocycles. The molecule has 3 aromatic rings. The Balaban J connectivity index is 1.68. The van der Waals surface area contributed by atoms with Crippen LogP contribution in [-0.4, -0.2) is 21.7 Å². The van der Waals surface area contributed by atoms with Gasteiger partial charge in [0.25, 0.3) is 5.91 Å². The molecule has 0 saturated heterocycles. The van der Waals surface area contributed by atoms with Crippen LogP contribution >= 0.6 is 11.3 Å². The summed E-state index contributed by atoms with van der Waals surface area (Å²) in [6, 6.07) is 6.53. The first-order valence-electron chi connectivity index (χ1n) is 7.84. The van der Waals surface area contributed by atoms with Crippen LogP contribution in [-0.2, 0) is 12.6 Å². The monoisotopic (exact) mass is 393 g/mol. The molecule has 0 bridgehead atoms. The summed E-state index contributed by atoms with van der Waals surface area (Å²) in [5.41, 5.74) is 0.409. The Morgan fingerprint density at radius 2 is 2.04 bits per heavy atom. The summed E-state index contributed by atoms with van der Waals surface area (Å²) >= 11 is 1.17. The van der Waals surface area contributed by atoms with Crippen LogP contribution in [0.4, 0.5) is 18.3 Å². The average molecular weight is 393 g/mol. The van der Waals surface area contributed by atoms with Crippen LogP contribution in [0, 0.1) is 0 Å². The van der Waals surface area contributed by atoms with Crippen molar-refractivity contribution in [1.82, 2.24) is 9.97 Å². The highest BCUT2D eigenvalue weighted by Gasteiger charge is 2.30. The fraction of sp³-hybridized carbons (Fsp3) is 0.167. The second kappa shape index (κ2) is 7.36. The van der Waals surface area contributed by atoms with Gasteiger partial charge < -0.3 is 4.98 Å². The number of aromatic nitrogens is 2. The van der Waals surface area contributed by atoms with Gasteiger partial charge in [0.2, 0.25) is 0 Å². The standard InChI is InChI=1S/C18H14F3N3O2S/c1-10(25)12-7-15(22-8-12)16(26)24-17-23-9-14(27-17)6-11-3-2-4-13(5-11)18(19,20)21/h2-5,7-9,22H,6H2,1H3,(H,23,24,26). The minimum atomic E-state index is -4.39. The number of halogens is 3. The molecule has 27 heavy (non-hydrogen) atoms. The Labute approximate surface area is 156 Å². The van der Waals surface area contributed by atoms with Crippen molar-refractivity contribution in [2.24, 2.45) is 0 Å². The number of ketones is 1. The average Bonchev–Trinajstić information content (AvgIpc) is 3.24. The molecule has 1 aromatic carbocycles. The van der Waals surface area contributed by atoms with Gasteiger partial charge in [-0.1, -0.05) is 18.2 Å². The number of hydrogen-bond donors (Lipinski definition) is 2. The van der Waals surface area contributed by atoms with Crippen molar-refractivity contribution in [3.8, 4) is 0 Å². The molecular weight excluding hydrogens is 379 g/mol. The van der Waals surface area contributed by atoms with E-state index in [4.69, 9.17) is 0 Å². The summed E-state index contributed by atoms with van der Waals surface area (Å²) in [6.07, 6.45) is -1.17. The van der Waals surface area contributed by atoms with E-state index in [0.29, 0.717) is 21.1 Å². The minimum Gasteiger partial charge on any atom is -0.356 e. The molecule has 0 atom stereocenters. The molecule has 3 rings (SSSR count). The van der Waals surface area contributed by atoms with Gasteiger partial charge in [0.1, 0.15) is 5.69 Å². The number of Topliss-reactive ketones (excluding diaryl/α,β-unsaturated/α-hetero) is 1. The highest BCUT2D eigenvalue weighted by atomic mass is 32.1. The van der Waals surface area contributed by atoms with Crippen molar-refractivity contribution in [3.63, 3.8) is 0 Å². The zero-order valence-corrected chi connectivity index (χ0v) is 14.9. The first-order chi connectivity index (χ1) is 12.7. The van der Waals surface area contributed by atoms with Gasteiger partial charge in [-0.25, -0.2) is 4.98 Å². The first-order valence-corrected chi connectivity index (χ1v) is 8.65. The van der Waals surface area contributed by atoms with Crippen molar-refractivity contribution >= 4 is 28.2 Å². The van der Waals surface area contributed by atoms with Crippen molar-refractivity contribution < 1.29 is 22.8 Å². The summed E-state index contributed by atoms with van der Waals surface area (Å²) < 4.78 is 38.4. The third-order valence-electron chi connectivity index (χ3n) is 3.74. The van der Waals surface area contributed by atoms with Crippen LogP contribution < -0.4 is 5.32 Å². The zero-order chi connectivity index (χ0) is 19.6.